The van der Waals surface area contributed by atoms with Gasteiger partial charge in [-0.1, -0.05) is 46.3 Å². The quantitative estimate of drug-likeness (QED) is 0.489. The van der Waals surface area contributed by atoms with Crippen LogP contribution < -0.4 is 10.1 Å². The van der Waals surface area contributed by atoms with Crippen molar-refractivity contribution in [2.45, 2.75) is 13.0 Å². The number of nitrogens with zero attached hydrogens (tertiary/aromatic N) is 3. The zero-order valence-electron chi connectivity index (χ0n) is 14.3. The van der Waals surface area contributed by atoms with E-state index in [-0.39, 0.29) is 11.9 Å². The molecule has 1 atom stereocenters. The molecule has 2 aromatic heterocycles. The summed E-state index contributed by atoms with van der Waals surface area (Å²) < 4.78 is 8.34. The Kier molecular flexibility index (Phi) is 4.91. The number of benzene rings is 2. The highest BCUT2D eigenvalue weighted by atomic mass is 79.9. The topological polar surface area (TPSA) is 68.5 Å². The van der Waals surface area contributed by atoms with Crippen LogP contribution in [0.2, 0.25) is 0 Å². The summed E-state index contributed by atoms with van der Waals surface area (Å²) >= 11 is 4.84. The number of carbonyl (C=O) groups is 1. The van der Waals surface area contributed by atoms with Crippen molar-refractivity contribution in [1.29, 1.82) is 0 Å². The van der Waals surface area contributed by atoms with Crippen LogP contribution in [-0.4, -0.2) is 26.6 Å². The molecular formula is C19H15BrN4O2S. The molecule has 1 N–H and O–H groups in total. The lowest BCUT2D eigenvalue weighted by Crippen LogP contribution is -2.30. The zero-order chi connectivity index (χ0) is 18.8. The molecule has 4 aromatic rings. The standard InChI is InChI=1S/C19H15BrN4O2S/c1-12(26-15-9-7-14(20)8-10-15)17(25)21-18-22-19-24(23-18)16(11-27-19)13-5-3-2-4-6-13/h2-12H,1H3,(H,21,23,25). The number of anilines is 1. The minimum absolute atomic E-state index is 0.260. The Labute approximate surface area is 167 Å². The molecule has 0 saturated heterocycles. The fourth-order valence-electron chi connectivity index (χ4n) is 2.52. The van der Waals surface area contributed by atoms with E-state index in [0.717, 1.165) is 15.7 Å². The summed E-state index contributed by atoms with van der Waals surface area (Å²) in [5.74, 6) is 0.568. The molecule has 0 bridgehead atoms. The fourth-order valence-corrected chi connectivity index (χ4v) is 3.62. The number of thiazole rings is 1. The highest BCUT2D eigenvalue weighted by Crippen LogP contribution is 2.25. The second-order valence-corrected chi connectivity index (χ2v) is 7.57. The van der Waals surface area contributed by atoms with Gasteiger partial charge in [-0.3, -0.25) is 10.1 Å². The van der Waals surface area contributed by atoms with Crippen LogP contribution >= 0.6 is 27.3 Å². The van der Waals surface area contributed by atoms with E-state index in [1.165, 1.54) is 11.3 Å². The molecule has 1 unspecified atom stereocenters. The molecule has 0 aliphatic carbocycles. The Morgan fingerprint density at radius 2 is 1.93 bits per heavy atom. The van der Waals surface area contributed by atoms with Crippen molar-refractivity contribution >= 4 is 44.1 Å². The molecule has 0 aliphatic heterocycles. The minimum Gasteiger partial charge on any atom is -0.481 e. The van der Waals surface area contributed by atoms with Crippen molar-refractivity contribution in [3.63, 3.8) is 0 Å². The Hall–Kier alpha value is -2.71. The first-order valence-corrected chi connectivity index (χ1v) is 9.90. The highest BCUT2D eigenvalue weighted by molar-refractivity contribution is 9.10. The molecule has 8 heteroatoms. The van der Waals surface area contributed by atoms with Gasteiger partial charge in [-0.2, -0.15) is 4.98 Å². The van der Waals surface area contributed by atoms with Gasteiger partial charge in [0.1, 0.15) is 5.75 Å². The lowest BCUT2D eigenvalue weighted by Gasteiger charge is -2.13. The molecule has 0 fully saturated rings. The molecule has 0 radical (unpaired) electrons. The molecule has 2 heterocycles. The van der Waals surface area contributed by atoms with Crippen LogP contribution in [0.3, 0.4) is 0 Å². The van der Waals surface area contributed by atoms with Crippen molar-refractivity contribution in [2.75, 3.05) is 5.32 Å². The zero-order valence-corrected chi connectivity index (χ0v) is 16.7. The normalized spacial score (nSPS) is 12.1. The van der Waals surface area contributed by atoms with Crippen LogP contribution in [0.4, 0.5) is 5.95 Å². The summed E-state index contributed by atoms with van der Waals surface area (Å²) in [5.41, 5.74) is 1.97. The Balaban J connectivity index is 1.49. The maximum atomic E-state index is 12.4. The predicted molar refractivity (Wildman–Crippen MR) is 109 cm³/mol. The molecular weight excluding hydrogens is 428 g/mol. The predicted octanol–water partition coefficient (Wildman–Crippen LogP) is 4.63. The SMILES string of the molecule is CC(Oc1ccc(Br)cc1)C(=O)Nc1nc2scc(-c3ccccc3)n2n1. The van der Waals surface area contributed by atoms with Gasteiger partial charge in [0.2, 0.25) is 4.96 Å². The fraction of sp³-hybridized carbons (Fsp3) is 0.105. The third kappa shape index (κ3) is 3.86. The van der Waals surface area contributed by atoms with Gasteiger partial charge in [0.05, 0.1) is 5.69 Å². The van der Waals surface area contributed by atoms with Crippen LogP contribution in [0, 0.1) is 0 Å². The Morgan fingerprint density at radius 1 is 1.19 bits per heavy atom. The molecule has 0 aliphatic rings. The van der Waals surface area contributed by atoms with E-state index in [0.29, 0.717) is 10.7 Å². The average Bonchev–Trinajstić information content (AvgIpc) is 3.24. The average molecular weight is 443 g/mol. The maximum absolute atomic E-state index is 12.4. The minimum atomic E-state index is -0.679. The molecule has 0 spiro atoms. The third-order valence-corrected chi connectivity index (χ3v) is 5.23. The smallest absolute Gasteiger partial charge is 0.267 e. The number of fused-ring (bicyclic) bond motifs is 1. The number of rotatable bonds is 5. The maximum Gasteiger partial charge on any atom is 0.267 e. The number of hydrogen-bond acceptors (Lipinski definition) is 5. The van der Waals surface area contributed by atoms with E-state index in [4.69, 9.17) is 4.74 Å². The van der Waals surface area contributed by atoms with Gasteiger partial charge in [0.15, 0.2) is 6.10 Å². The molecule has 2 aromatic carbocycles. The van der Waals surface area contributed by atoms with E-state index in [9.17, 15) is 4.79 Å². The van der Waals surface area contributed by atoms with Gasteiger partial charge in [0, 0.05) is 15.4 Å². The van der Waals surface area contributed by atoms with Gasteiger partial charge in [-0.15, -0.1) is 16.4 Å². The van der Waals surface area contributed by atoms with Crippen molar-refractivity contribution in [3.8, 4) is 17.0 Å². The first kappa shape index (κ1) is 17.7. The largest absolute Gasteiger partial charge is 0.481 e. The van der Waals surface area contributed by atoms with Gasteiger partial charge in [-0.05, 0) is 31.2 Å². The molecule has 27 heavy (non-hydrogen) atoms. The number of ether oxygens (including phenoxy) is 1. The van der Waals surface area contributed by atoms with E-state index in [1.807, 2.05) is 47.8 Å². The van der Waals surface area contributed by atoms with Gasteiger partial charge in [-0.25, -0.2) is 4.52 Å². The Bertz CT molecular complexity index is 1080. The van der Waals surface area contributed by atoms with E-state index in [1.54, 1.807) is 23.6 Å². The molecule has 0 saturated carbocycles. The summed E-state index contributed by atoms with van der Waals surface area (Å²) in [5, 5.41) is 9.13. The monoisotopic (exact) mass is 442 g/mol. The first-order valence-electron chi connectivity index (χ1n) is 8.23. The molecule has 6 nitrogen and oxygen atoms in total. The number of halogens is 1. The Morgan fingerprint density at radius 3 is 2.67 bits per heavy atom. The van der Waals surface area contributed by atoms with Crippen LogP contribution in [0.5, 0.6) is 5.75 Å². The molecule has 1 amide bonds. The lowest BCUT2D eigenvalue weighted by molar-refractivity contribution is -0.122. The van der Waals surface area contributed by atoms with Gasteiger partial charge >= 0.3 is 0 Å². The molecule has 4 rings (SSSR count). The van der Waals surface area contributed by atoms with Crippen LogP contribution in [0.1, 0.15) is 6.92 Å². The van der Waals surface area contributed by atoms with Crippen molar-refractivity contribution < 1.29 is 9.53 Å². The van der Waals surface area contributed by atoms with Crippen molar-refractivity contribution in [1.82, 2.24) is 14.6 Å². The van der Waals surface area contributed by atoms with E-state index < -0.39 is 6.10 Å². The summed E-state index contributed by atoms with van der Waals surface area (Å²) in [7, 11) is 0. The summed E-state index contributed by atoms with van der Waals surface area (Å²) in [4.78, 5) is 17.5. The second-order valence-electron chi connectivity index (χ2n) is 5.82. The van der Waals surface area contributed by atoms with Gasteiger partial charge in [0.25, 0.3) is 11.9 Å². The number of nitrogens with one attached hydrogen (secondary N) is 1. The van der Waals surface area contributed by atoms with Crippen molar-refractivity contribution in [3.05, 3.63) is 64.5 Å². The van der Waals surface area contributed by atoms with E-state index >= 15 is 0 Å². The summed E-state index contributed by atoms with van der Waals surface area (Å²) in [6.45, 7) is 1.69. The molecule has 136 valence electrons. The summed E-state index contributed by atoms with van der Waals surface area (Å²) in [6, 6.07) is 17.2. The van der Waals surface area contributed by atoms with E-state index in [2.05, 4.69) is 31.3 Å². The summed E-state index contributed by atoms with van der Waals surface area (Å²) in [6.07, 6.45) is -0.679. The number of amides is 1. The third-order valence-electron chi connectivity index (χ3n) is 3.88. The van der Waals surface area contributed by atoms with Crippen molar-refractivity contribution in [2.24, 2.45) is 0 Å². The number of hydrogen-bond donors (Lipinski definition) is 1. The number of carbonyl (C=O) groups excluding carboxylic acids is 1. The first-order chi connectivity index (χ1) is 13.1. The number of aromatic nitrogens is 3. The van der Waals surface area contributed by atoms with Crippen LogP contribution in [-0.2, 0) is 4.79 Å². The van der Waals surface area contributed by atoms with Crippen LogP contribution in [0.25, 0.3) is 16.2 Å². The lowest BCUT2D eigenvalue weighted by atomic mass is 10.2. The second kappa shape index (κ2) is 7.50. The van der Waals surface area contributed by atoms with Crippen LogP contribution in [0.15, 0.2) is 64.5 Å². The highest BCUT2D eigenvalue weighted by Gasteiger charge is 2.18. The van der Waals surface area contributed by atoms with Gasteiger partial charge < -0.3 is 4.74 Å².